The molecule has 2 rings (SSSR count). The smallest absolute Gasteiger partial charge is 0.217 e. The lowest BCUT2D eigenvalue weighted by molar-refractivity contribution is -0.119. The molecule has 4 nitrogen and oxygen atoms in total. The highest BCUT2D eigenvalue weighted by Crippen LogP contribution is 2.18. The summed E-state index contributed by atoms with van der Waals surface area (Å²) in [4.78, 5) is 18.6. The molecule has 1 amide bonds. The van der Waals surface area contributed by atoms with Crippen LogP contribution in [0.4, 0.5) is 0 Å². The molecule has 0 fully saturated rings. The van der Waals surface area contributed by atoms with Crippen molar-refractivity contribution in [2.45, 2.75) is 33.2 Å². The van der Waals surface area contributed by atoms with Crippen LogP contribution >= 0.6 is 0 Å². The molecule has 0 atom stereocenters. The van der Waals surface area contributed by atoms with Crippen LogP contribution in [0, 0.1) is 0 Å². The number of fused-ring (bicyclic) bond motifs is 1. The summed E-state index contributed by atoms with van der Waals surface area (Å²) in [5.41, 5.74) is 3.07. The molecule has 0 radical (unpaired) electrons. The van der Waals surface area contributed by atoms with Gasteiger partial charge in [0, 0.05) is 19.4 Å². The molecule has 1 aromatic heterocycles. The summed E-state index contributed by atoms with van der Waals surface area (Å²) in [5.74, 6) is 1.37. The van der Waals surface area contributed by atoms with Crippen LogP contribution < -0.4 is 5.32 Å². The van der Waals surface area contributed by atoms with Gasteiger partial charge in [0.25, 0.3) is 0 Å². The molecule has 1 heterocycles. The van der Waals surface area contributed by atoms with Gasteiger partial charge in [0.1, 0.15) is 5.82 Å². The van der Waals surface area contributed by atoms with Gasteiger partial charge in [-0.15, -0.1) is 0 Å². The first kappa shape index (κ1) is 11.6. The summed E-state index contributed by atoms with van der Waals surface area (Å²) in [6.07, 6.45) is 0. The van der Waals surface area contributed by atoms with Crippen molar-refractivity contribution in [1.29, 1.82) is 0 Å². The van der Waals surface area contributed by atoms with Crippen LogP contribution in [0.2, 0.25) is 0 Å². The van der Waals surface area contributed by atoms with Crippen LogP contribution in [-0.2, 0) is 11.3 Å². The van der Waals surface area contributed by atoms with E-state index in [1.165, 1.54) is 6.92 Å². The van der Waals surface area contributed by atoms with E-state index in [2.05, 4.69) is 29.1 Å². The van der Waals surface area contributed by atoms with Crippen LogP contribution in [0.15, 0.2) is 18.2 Å². The van der Waals surface area contributed by atoms with Gasteiger partial charge in [-0.25, -0.2) is 4.98 Å². The summed E-state index contributed by atoms with van der Waals surface area (Å²) < 4.78 is 0. The third kappa shape index (κ3) is 2.64. The molecule has 2 N–H and O–H groups in total. The van der Waals surface area contributed by atoms with Crippen LogP contribution in [0.1, 0.15) is 38.1 Å². The van der Waals surface area contributed by atoms with E-state index < -0.39 is 0 Å². The molecule has 0 spiro atoms. The first-order valence-corrected chi connectivity index (χ1v) is 5.79. The second kappa shape index (κ2) is 4.57. The van der Waals surface area contributed by atoms with E-state index in [-0.39, 0.29) is 5.91 Å². The third-order valence-electron chi connectivity index (χ3n) is 2.65. The van der Waals surface area contributed by atoms with Crippen molar-refractivity contribution in [2.75, 3.05) is 0 Å². The number of aromatic amines is 1. The van der Waals surface area contributed by atoms with E-state index in [1.807, 2.05) is 18.2 Å². The quantitative estimate of drug-likeness (QED) is 0.851. The summed E-state index contributed by atoms with van der Waals surface area (Å²) >= 11 is 0. The number of hydrogen-bond acceptors (Lipinski definition) is 2. The third-order valence-corrected chi connectivity index (χ3v) is 2.65. The Labute approximate surface area is 100 Å². The molecule has 4 heteroatoms. The molecule has 2 aromatic rings. The molecule has 0 aliphatic carbocycles. The van der Waals surface area contributed by atoms with Crippen molar-refractivity contribution in [3.8, 4) is 0 Å². The van der Waals surface area contributed by atoms with Gasteiger partial charge in [-0.05, 0) is 17.7 Å². The van der Waals surface area contributed by atoms with Gasteiger partial charge >= 0.3 is 0 Å². The van der Waals surface area contributed by atoms with Crippen LogP contribution in [-0.4, -0.2) is 15.9 Å². The number of nitrogens with zero attached hydrogens (tertiary/aromatic N) is 1. The highest BCUT2D eigenvalue weighted by Gasteiger charge is 2.06. The number of benzene rings is 1. The summed E-state index contributed by atoms with van der Waals surface area (Å²) in [6.45, 7) is 6.29. The molecular formula is C13H17N3O. The maximum atomic E-state index is 10.8. The Morgan fingerprint density at radius 1 is 1.47 bits per heavy atom. The van der Waals surface area contributed by atoms with E-state index in [4.69, 9.17) is 0 Å². The molecule has 90 valence electrons. The van der Waals surface area contributed by atoms with Gasteiger partial charge in [0.05, 0.1) is 11.0 Å². The van der Waals surface area contributed by atoms with E-state index in [1.54, 1.807) is 0 Å². The van der Waals surface area contributed by atoms with Crippen LogP contribution in [0.5, 0.6) is 0 Å². The Morgan fingerprint density at radius 3 is 2.88 bits per heavy atom. The number of carbonyl (C=O) groups excluding carboxylic acids is 1. The fourth-order valence-corrected chi connectivity index (χ4v) is 1.69. The van der Waals surface area contributed by atoms with Gasteiger partial charge in [0.15, 0.2) is 0 Å². The van der Waals surface area contributed by atoms with Crippen LogP contribution in [0.3, 0.4) is 0 Å². The van der Waals surface area contributed by atoms with Crippen LogP contribution in [0.25, 0.3) is 11.0 Å². The second-order valence-electron chi connectivity index (χ2n) is 4.54. The zero-order valence-corrected chi connectivity index (χ0v) is 10.4. The molecular weight excluding hydrogens is 214 g/mol. The first-order chi connectivity index (χ1) is 8.06. The number of nitrogens with one attached hydrogen (secondary N) is 2. The second-order valence-corrected chi connectivity index (χ2v) is 4.54. The van der Waals surface area contributed by atoms with Gasteiger partial charge in [-0.2, -0.15) is 0 Å². The van der Waals surface area contributed by atoms with Crippen molar-refractivity contribution in [3.63, 3.8) is 0 Å². The van der Waals surface area contributed by atoms with Crippen molar-refractivity contribution in [1.82, 2.24) is 15.3 Å². The van der Waals surface area contributed by atoms with Crippen molar-refractivity contribution in [3.05, 3.63) is 29.6 Å². The number of hydrogen-bond donors (Lipinski definition) is 2. The maximum absolute atomic E-state index is 10.8. The SMILES string of the molecule is CC(=O)NCc1ccc2nc(C(C)C)[nH]c2c1. The fraction of sp³-hybridized carbons (Fsp3) is 0.385. The number of carbonyl (C=O) groups is 1. The van der Waals surface area contributed by atoms with Gasteiger partial charge < -0.3 is 10.3 Å². The molecule has 0 saturated carbocycles. The van der Waals surface area contributed by atoms with E-state index >= 15 is 0 Å². The Bertz CT molecular complexity index is 543. The summed E-state index contributed by atoms with van der Waals surface area (Å²) in [5, 5.41) is 2.78. The average Bonchev–Trinajstić information content (AvgIpc) is 2.69. The lowest BCUT2D eigenvalue weighted by atomic mass is 10.2. The minimum Gasteiger partial charge on any atom is -0.352 e. The number of H-pyrrole nitrogens is 1. The number of imidazole rings is 1. The zero-order valence-electron chi connectivity index (χ0n) is 10.4. The zero-order chi connectivity index (χ0) is 12.4. The van der Waals surface area contributed by atoms with Crippen molar-refractivity contribution >= 4 is 16.9 Å². The number of aromatic nitrogens is 2. The largest absolute Gasteiger partial charge is 0.352 e. The number of rotatable bonds is 3. The lowest BCUT2D eigenvalue weighted by Gasteiger charge is -2.01. The predicted molar refractivity (Wildman–Crippen MR) is 67.7 cm³/mol. The molecule has 0 bridgehead atoms. The Kier molecular flexibility index (Phi) is 3.13. The normalized spacial score (nSPS) is 11.1. The molecule has 0 aliphatic heterocycles. The summed E-state index contributed by atoms with van der Waals surface area (Å²) in [7, 11) is 0. The molecule has 0 unspecified atom stereocenters. The standard InChI is InChI=1S/C13H17N3O/c1-8(2)13-15-11-5-4-10(6-12(11)16-13)7-14-9(3)17/h4-6,8H,7H2,1-3H3,(H,14,17)(H,15,16). The average molecular weight is 231 g/mol. The lowest BCUT2D eigenvalue weighted by Crippen LogP contribution is -2.18. The number of amides is 1. The summed E-state index contributed by atoms with van der Waals surface area (Å²) in [6, 6.07) is 6.00. The minimum absolute atomic E-state index is 0.0161. The predicted octanol–water partition coefficient (Wildman–Crippen LogP) is 2.32. The topological polar surface area (TPSA) is 57.8 Å². The van der Waals surface area contributed by atoms with Crippen molar-refractivity contribution in [2.24, 2.45) is 0 Å². The fourth-order valence-electron chi connectivity index (χ4n) is 1.69. The van der Waals surface area contributed by atoms with E-state index in [0.29, 0.717) is 12.5 Å². The minimum atomic E-state index is -0.0161. The maximum Gasteiger partial charge on any atom is 0.217 e. The van der Waals surface area contributed by atoms with Gasteiger partial charge in [0.2, 0.25) is 5.91 Å². The monoisotopic (exact) mass is 231 g/mol. The van der Waals surface area contributed by atoms with E-state index in [0.717, 1.165) is 22.4 Å². The van der Waals surface area contributed by atoms with Crippen molar-refractivity contribution < 1.29 is 4.79 Å². The molecule has 0 aliphatic rings. The van der Waals surface area contributed by atoms with E-state index in [9.17, 15) is 4.79 Å². The molecule has 17 heavy (non-hydrogen) atoms. The highest BCUT2D eigenvalue weighted by molar-refractivity contribution is 5.76. The van der Waals surface area contributed by atoms with Gasteiger partial charge in [-0.3, -0.25) is 4.79 Å². The first-order valence-electron chi connectivity index (χ1n) is 5.79. The highest BCUT2D eigenvalue weighted by atomic mass is 16.1. The molecule has 1 aromatic carbocycles. The Morgan fingerprint density at radius 2 is 2.24 bits per heavy atom. The Hall–Kier alpha value is -1.84. The Balaban J connectivity index is 2.27. The van der Waals surface area contributed by atoms with Gasteiger partial charge in [-0.1, -0.05) is 19.9 Å². The molecule has 0 saturated heterocycles.